The average molecular weight is 252 g/mol. The van der Waals surface area contributed by atoms with Gasteiger partial charge in [0.15, 0.2) is 0 Å². The summed E-state index contributed by atoms with van der Waals surface area (Å²) in [6.07, 6.45) is 0.678. The quantitative estimate of drug-likeness (QED) is 0.439. The van der Waals surface area contributed by atoms with Crippen molar-refractivity contribution in [2.75, 3.05) is 7.11 Å². The van der Waals surface area contributed by atoms with E-state index >= 15 is 0 Å². The molecule has 1 aromatic heterocycles. The van der Waals surface area contributed by atoms with E-state index in [2.05, 4.69) is 4.74 Å². The van der Waals surface area contributed by atoms with Crippen molar-refractivity contribution in [3.63, 3.8) is 0 Å². The number of hydrogen-bond acceptors (Lipinski definition) is 5. The smallest absolute Gasteiger partial charge is 0.328 e. The van der Waals surface area contributed by atoms with Crippen LogP contribution in [0.3, 0.4) is 0 Å². The Labute approximate surface area is 102 Å². The van der Waals surface area contributed by atoms with Crippen LogP contribution in [0.1, 0.15) is 23.7 Å². The first-order valence-electron chi connectivity index (χ1n) is 5.44. The van der Waals surface area contributed by atoms with Crippen LogP contribution in [-0.4, -0.2) is 22.6 Å². The summed E-state index contributed by atoms with van der Waals surface area (Å²) in [5, 5.41) is 10.9. The molecule has 0 aliphatic carbocycles. The summed E-state index contributed by atoms with van der Waals surface area (Å²) >= 11 is 0. The number of methoxy groups -OCH3 is 1. The Morgan fingerprint density at radius 2 is 2.28 bits per heavy atom. The second-order valence-corrected chi connectivity index (χ2v) is 4.17. The molecule has 18 heavy (non-hydrogen) atoms. The standard InChI is InChI=1S/C11H12N2O5/c1-6-5-9(13(16)17)7-3-4-8(11(15)18-2)12(7)10(6)14/h5,8H,3-4H2,1-2H3. The molecule has 1 aliphatic heterocycles. The predicted molar refractivity (Wildman–Crippen MR) is 61.5 cm³/mol. The lowest BCUT2D eigenvalue weighted by molar-refractivity contribution is -0.386. The van der Waals surface area contributed by atoms with Crippen LogP contribution in [0, 0.1) is 17.0 Å². The maximum absolute atomic E-state index is 12.0. The maximum Gasteiger partial charge on any atom is 0.328 e. The summed E-state index contributed by atoms with van der Waals surface area (Å²) < 4.78 is 5.81. The molecule has 7 heteroatoms. The summed E-state index contributed by atoms with van der Waals surface area (Å²) in [5.41, 5.74) is 0.0641. The van der Waals surface area contributed by atoms with Gasteiger partial charge in [0.1, 0.15) is 6.04 Å². The van der Waals surface area contributed by atoms with Gasteiger partial charge in [-0.2, -0.15) is 0 Å². The van der Waals surface area contributed by atoms with E-state index in [4.69, 9.17) is 0 Å². The predicted octanol–water partition coefficient (Wildman–Crippen LogP) is 0.725. The van der Waals surface area contributed by atoms with Crippen molar-refractivity contribution < 1.29 is 14.5 Å². The SMILES string of the molecule is COC(=O)C1CCc2c([N+](=O)[O-])cc(C)c(=O)n21. The fourth-order valence-electron chi connectivity index (χ4n) is 2.28. The third kappa shape index (κ3) is 1.68. The third-order valence-corrected chi connectivity index (χ3v) is 3.13. The van der Waals surface area contributed by atoms with Gasteiger partial charge in [0, 0.05) is 11.6 Å². The number of aryl methyl sites for hydroxylation is 1. The molecule has 0 radical (unpaired) electrons. The van der Waals surface area contributed by atoms with Crippen molar-refractivity contribution in [1.82, 2.24) is 4.57 Å². The number of carbonyl (C=O) groups is 1. The van der Waals surface area contributed by atoms with Gasteiger partial charge in [0.05, 0.1) is 17.7 Å². The molecule has 0 amide bonds. The Bertz CT molecular complexity index is 590. The van der Waals surface area contributed by atoms with Crippen LogP contribution in [0.15, 0.2) is 10.9 Å². The zero-order valence-corrected chi connectivity index (χ0v) is 10.0. The van der Waals surface area contributed by atoms with Crippen LogP contribution < -0.4 is 5.56 Å². The van der Waals surface area contributed by atoms with Gasteiger partial charge in [0.25, 0.3) is 11.2 Å². The number of ether oxygens (including phenoxy) is 1. The lowest BCUT2D eigenvalue weighted by atomic mass is 10.2. The first-order valence-corrected chi connectivity index (χ1v) is 5.44. The summed E-state index contributed by atoms with van der Waals surface area (Å²) in [6.45, 7) is 1.50. The van der Waals surface area contributed by atoms with Gasteiger partial charge >= 0.3 is 5.97 Å². The molecule has 1 unspecified atom stereocenters. The average Bonchev–Trinajstić information content (AvgIpc) is 2.77. The number of nitrogens with zero attached hydrogens (tertiary/aromatic N) is 2. The summed E-state index contributed by atoms with van der Waals surface area (Å²) in [7, 11) is 1.23. The van der Waals surface area contributed by atoms with Crippen molar-refractivity contribution in [1.29, 1.82) is 0 Å². The topological polar surface area (TPSA) is 91.4 Å². The first kappa shape index (κ1) is 12.3. The fourth-order valence-corrected chi connectivity index (χ4v) is 2.28. The van der Waals surface area contributed by atoms with Crippen molar-refractivity contribution in [3.05, 3.63) is 37.8 Å². The van der Waals surface area contributed by atoms with Crippen LogP contribution in [0.2, 0.25) is 0 Å². The van der Waals surface area contributed by atoms with Crippen LogP contribution in [0.5, 0.6) is 0 Å². The second kappa shape index (κ2) is 4.25. The van der Waals surface area contributed by atoms with Gasteiger partial charge < -0.3 is 4.74 Å². The molecule has 7 nitrogen and oxygen atoms in total. The highest BCUT2D eigenvalue weighted by atomic mass is 16.6. The maximum atomic E-state index is 12.0. The van der Waals surface area contributed by atoms with E-state index in [0.29, 0.717) is 18.5 Å². The number of esters is 1. The lowest BCUT2D eigenvalue weighted by Crippen LogP contribution is -2.30. The van der Waals surface area contributed by atoms with Crippen LogP contribution in [0.4, 0.5) is 5.69 Å². The Kier molecular flexibility index (Phi) is 2.90. The van der Waals surface area contributed by atoms with Crippen LogP contribution in [-0.2, 0) is 16.0 Å². The lowest BCUT2D eigenvalue weighted by Gasteiger charge is -2.12. The molecule has 0 bridgehead atoms. The number of carbonyl (C=O) groups excluding carboxylic acids is 1. The minimum absolute atomic E-state index is 0.112. The van der Waals surface area contributed by atoms with Gasteiger partial charge in [0.2, 0.25) is 0 Å². The van der Waals surface area contributed by atoms with Gasteiger partial charge in [-0.05, 0) is 19.8 Å². The van der Waals surface area contributed by atoms with E-state index in [1.807, 2.05) is 0 Å². The molecule has 1 atom stereocenters. The van der Waals surface area contributed by atoms with Crippen molar-refractivity contribution in [2.45, 2.75) is 25.8 Å². The zero-order chi connectivity index (χ0) is 13.4. The molecule has 1 aromatic rings. The van der Waals surface area contributed by atoms with E-state index in [-0.39, 0.29) is 16.8 Å². The van der Waals surface area contributed by atoms with Gasteiger partial charge in [-0.1, -0.05) is 0 Å². The highest BCUT2D eigenvalue weighted by Crippen LogP contribution is 2.31. The number of rotatable bonds is 2. The van der Waals surface area contributed by atoms with Gasteiger partial charge in [-0.15, -0.1) is 0 Å². The van der Waals surface area contributed by atoms with Gasteiger partial charge in [-0.3, -0.25) is 19.5 Å². The number of hydrogen-bond donors (Lipinski definition) is 0. The Hall–Kier alpha value is -2.18. The van der Waals surface area contributed by atoms with E-state index in [0.717, 1.165) is 0 Å². The third-order valence-electron chi connectivity index (χ3n) is 3.13. The largest absolute Gasteiger partial charge is 0.467 e. The molecule has 2 rings (SSSR count). The van der Waals surface area contributed by atoms with Crippen LogP contribution in [0.25, 0.3) is 0 Å². The molecule has 0 saturated heterocycles. The first-order chi connectivity index (χ1) is 8.47. The number of pyridine rings is 1. The van der Waals surface area contributed by atoms with Crippen LogP contribution >= 0.6 is 0 Å². The van der Waals surface area contributed by atoms with Crippen molar-refractivity contribution in [3.8, 4) is 0 Å². The molecule has 96 valence electrons. The highest BCUT2D eigenvalue weighted by molar-refractivity contribution is 5.75. The molecule has 0 fully saturated rings. The monoisotopic (exact) mass is 252 g/mol. The van der Waals surface area contributed by atoms with E-state index < -0.39 is 16.9 Å². The molecule has 0 saturated carbocycles. The second-order valence-electron chi connectivity index (χ2n) is 4.17. The highest BCUT2D eigenvalue weighted by Gasteiger charge is 2.35. The molecule has 1 aliphatic rings. The zero-order valence-electron chi connectivity index (χ0n) is 10.0. The minimum Gasteiger partial charge on any atom is -0.467 e. The van der Waals surface area contributed by atoms with Crippen molar-refractivity contribution >= 4 is 11.7 Å². The summed E-state index contributed by atoms with van der Waals surface area (Å²) in [4.78, 5) is 34.0. The van der Waals surface area contributed by atoms with E-state index in [9.17, 15) is 19.7 Å². The van der Waals surface area contributed by atoms with Gasteiger partial charge in [-0.25, -0.2) is 4.79 Å². The molecule has 2 heterocycles. The molecule has 0 N–H and O–H groups in total. The molecule has 0 spiro atoms. The summed E-state index contributed by atoms with van der Waals surface area (Å²) in [5.74, 6) is -0.546. The fraction of sp³-hybridized carbons (Fsp3) is 0.455. The number of fused-ring (bicyclic) bond motifs is 1. The van der Waals surface area contributed by atoms with Crippen molar-refractivity contribution in [2.24, 2.45) is 0 Å². The number of aromatic nitrogens is 1. The summed E-state index contributed by atoms with van der Waals surface area (Å²) in [6, 6.07) is 0.504. The Morgan fingerprint density at radius 3 is 2.83 bits per heavy atom. The van der Waals surface area contributed by atoms with E-state index in [1.54, 1.807) is 0 Å². The Morgan fingerprint density at radius 1 is 1.61 bits per heavy atom. The minimum atomic E-state index is -0.754. The Balaban J connectivity index is 2.68. The molecule has 0 aromatic carbocycles. The van der Waals surface area contributed by atoms with E-state index in [1.165, 1.54) is 24.7 Å². The number of nitro groups is 1. The molecular formula is C11H12N2O5. The molecular weight excluding hydrogens is 240 g/mol. The normalized spacial score (nSPS) is 17.3.